The molecule has 0 spiro atoms. The van der Waals surface area contributed by atoms with Crippen LogP contribution in [0.4, 0.5) is 5.69 Å². The van der Waals surface area contributed by atoms with Crippen LogP contribution < -0.4 is 10.5 Å². The van der Waals surface area contributed by atoms with E-state index in [0.29, 0.717) is 17.9 Å². The fraction of sp³-hybridized carbons (Fsp3) is 0.133. The molecule has 4 nitrogen and oxygen atoms in total. The third-order valence-electron chi connectivity index (χ3n) is 2.16. The second kappa shape index (κ2) is 7.76. The molecule has 4 heteroatoms. The lowest BCUT2D eigenvalue weighted by Crippen LogP contribution is -2.04. The van der Waals surface area contributed by atoms with Crippen LogP contribution >= 0.6 is 0 Å². The molecule has 100 valence electrons. The molecule has 0 aliphatic carbocycles. The zero-order chi connectivity index (χ0) is 14.1. The summed E-state index contributed by atoms with van der Waals surface area (Å²) in [6.07, 6.45) is 0.412. The van der Waals surface area contributed by atoms with Gasteiger partial charge in [-0.25, -0.2) is 0 Å². The number of esters is 1. The van der Waals surface area contributed by atoms with Crippen LogP contribution in [0.2, 0.25) is 0 Å². The lowest BCUT2D eigenvalue weighted by atomic mass is 10.3. The minimum absolute atomic E-state index is 0.198. The summed E-state index contributed by atoms with van der Waals surface area (Å²) in [4.78, 5) is 10.8. The summed E-state index contributed by atoms with van der Waals surface area (Å²) in [6, 6.07) is 15.5. The number of carbonyl (C=O) groups excluding carboxylic acids is 1. The number of nitrogen functional groups attached to an aromatic ring is 1. The molecule has 0 aliphatic rings. The van der Waals surface area contributed by atoms with E-state index < -0.39 is 0 Å². The molecule has 0 atom stereocenters. The van der Waals surface area contributed by atoms with E-state index in [0.717, 1.165) is 0 Å². The Kier molecular flexibility index (Phi) is 5.95. The van der Waals surface area contributed by atoms with E-state index in [-0.39, 0.29) is 11.7 Å². The Balaban J connectivity index is 0.000000200. The molecule has 2 rings (SSSR count). The van der Waals surface area contributed by atoms with Crippen molar-refractivity contribution < 1.29 is 14.6 Å². The van der Waals surface area contributed by atoms with Crippen LogP contribution in [0, 0.1) is 0 Å². The first-order valence-corrected chi connectivity index (χ1v) is 5.92. The van der Waals surface area contributed by atoms with Crippen molar-refractivity contribution in [2.24, 2.45) is 0 Å². The van der Waals surface area contributed by atoms with Crippen molar-refractivity contribution >= 4 is 11.7 Å². The largest absolute Gasteiger partial charge is 0.508 e. The van der Waals surface area contributed by atoms with Gasteiger partial charge >= 0.3 is 5.97 Å². The van der Waals surface area contributed by atoms with Crippen molar-refractivity contribution in [3.05, 3.63) is 54.6 Å². The quantitative estimate of drug-likeness (QED) is 0.376. The van der Waals surface area contributed by atoms with Crippen LogP contribution in [0.25, 0.3) is 0 Å². The van der Waals surface area contributed by atoms with E-state index in [9.17, 15) is 4.79 Å². The maximum atomic E-state index is 10.8. The van der Waals surface area contributed by atoms with Gasteiger partial charge in [0.1, 0.15) is 11.5 Å². The third-order valence-corrected chi connectivity index (χ3v) is 2.16. The minimum atomic E-state index is -0.198. The molecule has 0 unspecified atom stereocenters. The van der Waals surface area contributed by atoms with Gasteiger partial charge in [0.2, 0.25) is 0 Å². The molecule has 0 aromatic heterocycles. The first-order valence-electron chi connectivity index (χ1n) is 5.92. The van der Waals surface area contributed by atoms with E-state index in [4.69, 9.17) is 15.6 Å². The molecule has 0 heterocycles. The monoisotopic (exact) mass is 259 g/mol. The maximum Gasteiger partial charge on any atom is 0.310 e. The lowest BCUT2D eigenvalue weighted by molar-refractivity contribution is -0.134. The predicted molar refractivity (Wildman–Crippen MR) is 74.9 cm³/mol. The Labute approximate surface area is 112 Å². The van der Waals surface area contributed by atoms with Gasteiger partial charge < -0.3 is 15.6 Å². The number of nitrogens with two attached hydrogens (primary N) is 1. The van der Waals surface area contributed by atoms with E-state index in [1.54, 1.807) is 43.3 Å². The molecule has 2 aromatic carbocycles. The van der Waals surface area contributed by atoms with Crippen LogP contribution in [-0.2, 0) is 4.79 Å². The van der Waals surface area contributed by atoms with Crippen LogP contribution in [-0.4, -0.2) is 11.1 Å². The molecular formula is C15H17NO3. The average molecular weight is 259 g/mol. The summed E-state index contributed by atoms with van der Waals surface area (Å²) in [5, 5.41) is 8.70. The fourth-order valence-corrected chi connectivity index (χ4v) is 1.17. The highest BCUT2D eigenvalue weighted by Crippen LogP contribution is 2.09. The van der Waals surface area contributed by atoms with Crippen LogP contribution in [0.3, 0.4) is 0 Å². The highest BCUT2D eigenvalue weighted by Gasteiger charge is 1.98. The third kappa shape index (κ3) is 6.12. The SMILES string of the molecule is CCC(=O)Oc1ccccc1.Nc1ccc(O)cc1. The Morgan fingerprint density at radius 2 is 1.68 bits per heavy atom. The van der Waals surface area contributed by atoms with Crippen molar-refractivity contribution in [3.8, 4) is 11.5 Å². The summed E-state index contributed by atoms with van der Waals surface area (Å²) >= 11 is 0. The lowest BCUT2D eigenvalue weighted by Gasteiger charge is -1.99. The number of phenols is 1. The van der Waals surface area contributed by atoms with Gasteiger partial charge in [-0.2, -0.15) is 0 Å². The first kappa shape index (κ1) is 14.6. The number of hydrogen-bond donors (Lipinski definition) is 2. The molecule has 0 saturated heterocycles. The minimum Gasteiger partial charge on any atom is -0.508 e. The molecule has 19 heavy (non-hydrogen) atoms. The molecule has 3 N–H and O–H groups in total. The van der Waals surface area contributed by atoms with Gasteiger partial charge in [0.05, 0.1) is 0 Å². The molecule has 0 amide bonds. The summed E-state index contributed by atoms with van der Waals surface area (Å²) in [7, 11) is 0. The van der Waals surface area contributed by atoms with E-state index in [2.05, 4.69) is 0 Å². The molecule has 0 fully saturated rings. The molecule has 0 saturated carbocycles. The number of benzene rings is 2. The number of rotatable bonds is 2. The molecule has 2 aromatic rings. The molecular weight excluding hydrogens is 242 g/mol. The second-order valence-electron chi connectivity index (χ2n) is 3.73. The molecule has 0 bridgehead atoms. The number of phenolic OH excluding ortho intramolecular Hbond substituents is 1. The van der Waals surface area contributed by atoms with E-state index in [1.807, 2.05) is 18.2 Å². The summed E-state index contributed by atoms with van der Waals surface area (Å²) in [6.45, 7) is 1.77. The van der Waals surface area contributed by atoms with E-state index >= 15 is 0 Å². The number of para-hydroxylation sites is 1. The van der Waals surface area contributed by atoms with Gasteiger partial charge in [-0.3, -0.25) is 4.79 Å². The average Bonchev–Trinajstić information content (AvgIpc) is 2.44. The Morgan fingerprint density at radius 3 is 2.16 bits per heavy atom. The molecule has 0 radical (unpaired) electrons. The number of ether oxygens (including phenoxy) is 1. The Hall–Kier alpha value is -2.49. The van der Waals surface area contributed by atoms with Crippen LogP contribution in [0.5, 0.6) is 11.5 Å². The summed E-state index contributed by atoms with van der Waals surface area (Å²) in [5.74, 6) is 0.662. The van der Waals surface area contributed by atoms with Gasteiger partial charge in [-0.1, -0.05) is 25.1 Å². The highest BCUT2D eigenvalue weighted by atomic mass is 16.5. The molecule has 0 aliphatic heterocycles. The van der Waals surface area contributed by atoms with Gasteiger partial charge in [0, 0.05) is 12.1 Å². The number of carbonyl (C=O) groups is 1. The van der Waals surface area contributed by atoms with Crippen molar-refractivity contribution in [1.82, 2.24) is 0 Å². The Morgan fingerprint density at radius 1 is 1.11 bits per heavy atom. The zero-order valence-electron chi connectivity index (χ0n) is 10.7. The van der Waals surface area contributed by atoms with Gasteiger partial charge in [0.15, 0.2) is 0 Å². The van der Waals surface area contributed by atoms with Gasteiger partial charge in [-0.15, -0.1) is 0 Å². The zero-order valence-corrected chi connectivity index (χ0v) is 10.7. The topological polar surface area (TPSA) is 72.5 Å². The van der Waals surface area contributed by atoms with Crippen molar-refractivity contribution in [2.75, 3.05) is 5.73 Å². The smallest absolute Gasteiger partial charge is 0.310 e. The van der Waals surface area contributed by atoms with Gasteiger partial charge in [0.25, 0.3) is 0 Å². The van der Waals surface area contributed by atoms with E-state index in [1.165, 1.54) is 0 Å². The maximum absolute atomic E-state index is 10.8. The normalized spacial score (nSPS) is 9.11. The summed E-state index contributed by atoms with van der Waals surface area (Å²) in [5.41, 5.74) is 5.98. The second-order valence-corrected chi connectivity index (χ2v) is 3.73. The number of anilines is 1. The van der Waals surface area contributed by atoms with Crippen LogP contribution in [0.15, 0.2) is 54.6 Å². The predicted octanol–water partition coefficient (Wildman–Crippen LogP) is 2.98. The number of aromatic hydroxyl groups is 1. The van der Waals surface area contributed by atoms with Crippen LogP contribution in [0.1, 0.15) is 13.3 Å². The standard InChI is InChI=1S/C9H10O2.C6H7NO/c1-2-9(10)11-8-6-4-3-5-7-8;7-5-1-3-6(8)4-2-5/h3-7H,2H2,1H3;1-4,8H,7H2. The fourth-order valence-electron chi connectivity index (χ4n) is 1.17. The Bertz CT molecular complexity index is 474. The van der Waals surface area contributed by atoms with Crippen molar-refractivity contribution in [1.29, 1.82) is 0 Å². The van der Waals surface area contributed by atoms with Crippen molar-refractivity contribution in [2.45, 2.75) is 13.3 Å². The summed E-state index contributed by atoms with van der Waals surface area (Å²) < 4.78 is 4.92. The highest BCUT2D eigenvalue weighted by molar-refractivity contribution is 5.71. The van der Waals surface area contributed by atoms with Crippen molar-refractivity contribution in [3.63, 3.8) is 0 Å². The van der Waals surface area contributed by atoms with Gasteiger partial charge in [-0.05, 0) is 36.4 Å². The number of hydrogen-bond acceptors (Lipinski definition) is 4. The first-order chi connectivity index (χ1) is 9.11.